The third-order valence-corrected chi connectivity index (χ3v) is 4.92. The summed E-state index contributed by atoms with van der Waals surface area (Å²) in [7, 11) is 0. The van der Waals surface area contributed by atoms with Gasteiger partial charge in [-0.05, 0) is 65.7 Å². The van der Waals surface area contributed by atoms with Gasteiger partial charge in [0.05, 0.1) is 26.2 Å². The minimum Gasteiger partial charge on any atom is -0.481 e. The van der Waals surface area contributed by atoms with E-state index in [0.717, 1.165) is 5.56 Å². The zero-order chi connectivity index (χ0) is 29.8. The Bertz CT molecular complexity index is 1020. The fraction of sp³-hybridized carbons (Fsp3) is 0.571. The monoisotopic (exact) mass is 548 g/mol. The summed E-state index contributed by atoms with van der Waals surface area (Å²) in [4.78, 5) is 51.4. The lowest BCUT2D eigenvalue weighted by Crippen LogP contribution is -2.51. The molecule has 0 bridgehead atoms. The molecule has 2 N–H and O–H groups in total. The van der Waals surface area contributed by atoms with Crippen molar-refractivity contribution >= 4 is 23.9 Å². The second-order valence-electron chi connectivity index (χ2n) is 11.0. The van der Waals surface area contributed by atoms with Crippen molar-refractivity contribution in [2.24, 2.45) is 0 Å². The van der Waals surface area contributed by atoms with Gasteiger partial charge < -0.3 is 24.4 Å². The maximum Gasteiger partial charge on any atom is 0.320 e. The third-order valence-electron chi connectivity index (χ3n) is 4.92. The highest BCUT2D eigenvalue weighted by atomic mass is 16.6. The number of nitrogens with zero attached hydrogens (tertiary/aromatic N) is 2. The first-order valence-electron chi connectivity index (χ1n) is 12.5. The molecule has 1 rings (SSSR count). The molecule has 1 aromatic carbocycles. The number of carboxylic acid groups (broad SMARTS) is 2. The molecule has 11 nitrogen and oxygen atoms in total. The van der Waals surface area contributed by atoms with Crippen LogP contribution in [0.15, 0.2) is 24.3 Å². The minimum absolute atomic E-state index is 0.0447. The van der Waals surface area contributed by atoms with Crippen molar-refractivity contribution in [2.75, 3.05) is 39.3 Å². The Balaban J connectivity index is 3.33. The predicted molar refractivity (Wildman–Crippen MR) is 143 cm³/mol. The van der Waals surface area contributed by atoms with Crippen LogP contribution in [0.3, 0.4) is 0 Å². The molecule has 1 unspecified atom stereocenters. The van der Waals surface area contributed by atoms with Gasteiger partial charge in [-0.1, -0.05) is 18.1 Å². The van der Waals surface area contributed by atoms with Crippen LogP contribution in [0.4, 0.5) is 0 Å². The molecule has 39 heavy (non-hydrogen) atoms. The summed E-state index contributed by atoms with van der Waals surface area (Å²) in [6, 6.07) is 6.25. The van der Waals surface area contributed by atoms with Crippen LogP contribution in [0.1, 0.15) is 47.1 Å². The second-order valence-corrected chi connectivity index (χ2v) is 11.0. The van der Waals surface area contributed by atoms with Crippen LogP contribution in [0.2, 0.25) is 0 Å². The maximum absolute atomic E-state index is 12.7. The van der Waals surface area contributed by atoms with Crippen molar-refractivity contribution in [3.8, 4) is 18.1 Å². The summed E-state index contributed by atoms with van der Waals surface area (Å²) in [5, 5.41) is 19.1. The Kier molecular flexibility index (Phi) is 12.9. The van der Waals surface area contributed by atoms with Gasteiger partial charge in [-0.25, -0.2) is 0 Å². The summed E-state index contributed by atoms with van der Waals surface area (Å²) in [5.74, 6) is -0.703. The van der Waals surface area contributed by atoms with Crippen LogP contribution in [-0.2, 0) is 35.1 Å². The topological polar surface area (TPSA) is 143 Å². The summed E-state index contributed by atoms with van der Waals surface area (Å²) in [6.07, 6.45) is 5.46. The lowest BCUT2D eigenvalue weighted by molar-refractivity contribution is -0.160. The molecule has 216 valence electrons. The van der Waals surface area contributed by atoms with Crippen molar-refractivity contribution in [1.82, 2.24) is 9.80 Å². The molecule has 0 aromatic heterocycles. The Labute approximate surface area is 230 Å². The molecule has 0 saturated heterocycles. The lowest BCUT2D eigenvalue weighted by atomic mass is 10.0. The van der Waals surface area contributed by atoms with Gasteiger partial charge in [-0.3, -0.25) is 29.0 Å². The number of esters is 2. The van der Waals surface area contributed by atoms with Gasteiger partial charge in [0.25, 0.3) is 0 Å². The number of carbonyl (C=O) groups is 4. The van der Waals surface area contributed by atoms with E-state index < -0.39 is 54.2 Å². The first kappa shape index (κ1) is 33.4. The van der Waals surface area contributed by atoms with Crippen LogP contribution in [0.5, 0.6) is 5.75 Å². The van der Waals surface area contributed by atoms with Gasteiger partial charge in [0.2, 0.25) is 0 Å². The van der Waals surface area contributed by atoms with Crippen LogP contribution in [0, 0.1) is 12.3 Å². The largest absolute Gasteiger partial charge is 0.481 e. The number of hydrogen-bond acceptors (Lipinski definition) is 9. The van der Waals surface area contributed by atoms with E-state index in [1.165, 1.54) is 9.80 Å². The highest BCUT2D eigenvalue weighted by molar-refractivity contribution is 5.75. The number of rotatable bonds is 15. The van der Waals surface area contributed by atoms with E-state index >= 15 is 0 Å². The number of hydrogen-bond donors (Lipinski definition) is 2. The molecule has 1 atom stereocenters. The van der Waals surface area contributed by atoms with Gasteiger partial charge in [0, 0.05) is 12.6 Å². The van der Waals surface area contributed by atoms with E-state index in [-0.39, 0.29) is 32.7 Å². The van der Waals surface area contributed by atoms with Crippen molar-refractivity contribution in [2.45, 2.75) is 65.2 Å². The standard InChI is InChI=1S/C28H40N2O9/c1-8-13-37-22-11-9-20(10-12-22)14-21(30(17-24(33)34)19-26(36)39-28(5,6)7)15-29(16-23(31)32)18-25(35)38-27(2,3)4/h1,9-12,21H,13-19H2,2-7H3,(H,31,32)(H,33,34). The van der Waals surface area contributed by atoms with Crippen LogP contribution in [0.25, 0.3) is 0 Å². The Morgan fingerprint density at radius 1 is 0.846 bits per heavy atom. The number of carboxylic acids is 2. The third kappa shape index (κ3) is 15.4. The summed E-state index contributed by atoms with van der Waals surface area (Å²) < 4.78 is 16.2. The Morgan fingerprint density at radius 3 is 1.82 bits per heavy atom. The van der Waals surface area contributed by atoms with E-state index in [9.17, 15) is 29.4 Å². The van der Waals surface area contributed by atoms with Gasteiger partial charge in [0.1, 0.15) is 23.6 Å². The molecule has 0 aliphatic carbocycles. The number of benzene rings is 1. The zero-order valence-corrected chi connectivity index (χ0v) is 23.6. The zero-order valence-electron chi connectivity index (χ0n) is 23.6. The molecule has 0 radical (unpaired) electrons. The normalized spacial score (nSPS) is 12.5. The first-order chi connectivity index (χ1) is 18.0. The maximum atomic E-state index is 12.7. The minimum atomic E-state index is -1.18. The molecular formula is C28H40N2O9. The SMILES string of the molecule is C#CCOc1ccc(CC(CN(CC(=O)O)CC(=O)OC(C)(C)C)N(CC(=O)O)CC(=O)OC(C)(C)C)cc1. The predicted octanol–water partition coefficient (Wildman–Crippen LogP) is 2.07. The Hall–Kier alpha value is -3.62. The van der Waals surface area contributed by atoms with Crippen molar-refractivity contribution in [3.05, 3.63) is 29.8 Å². The van der Waals surface area contributed by atoms with E-state index in [2.05, 4.69) is 5.92 Å². The summed E-state index contributed by atoms with van der Waals surface area (Å²) in [6.45, 7) is 8.52. The Morgan fingerprint density at radius 2 is 1.36 bits per heavy atom. The van der Waals surface area contributed by atoms with Gasteiger partial charge in [0.15, 0.2) is 0 Å². The molecule has 0 aliphatic heterocycles. The summed E-state index contributed by atoms with van der Waals surface area (Å²) >= 11 is 0. The van der Waals surface area contributed by atoms with Gasteiger partial charge in [-0.15, -0.1) is 6.42 Å². The van der Waals surface area contributed by atoms with Crippen LogP contribution in [-0.4, -0.2) is 100 Å². The number of ether oxygens (including phenoxy) is 3. The molecule has 0 fully saturated rings. The summed E-state index contributed by atoms with van der Waals surface area (Å²) in [5.41, 5.74) is -0.803. The van der Waals surface area contributed by atoms with Crippen molar-refractivity contribution in [3.63, 3.8) is 0 Å². The van der Waals surface area contributed by atoms with E-state index in [1.807, 2.05) is 0 Å². The molecule has 1 aromatic rings. The number of aliphatic carboxylic acids is 2. The van der Waals surface area contributed by atoms with E-state index in [4.69, 9.17) is 20.6 Å². The lowest BCUT2D eigenvalue weighted by Gasteiger charge is -2.34. The van der Waals surface area contributed by atoms with Crippen LogP contribution < -0.4 is 4.74 Å². The second kappa shape index (κ2) is 15.1. The molecule has 11 heteroatoms. The average Bonchev–Trinajstić information content (AvgIpc) is 2.74. The van der Waals surface area contributed by atoms with Crippen molar-refractivity contribution in [1.29, 1.82) is 0 Å². The number of terminal acetylenes is 1. The van der Waals surface area contributed by atoms with E-state index in [1.54, 1.807) is 65.8 Å². The van der Waals surface area contributed by atoms with Crippen molar-refractivity contribution < 1.29 is 43.6 Å². The quantitative estimate of drug-likeness (QED) is 0.246. The fourth-order valence-electron chi connectivity index (χ4n) is 3.69. The van der Waals surface area contributed by atoms with Gasteiger partial charge in [-0.2, -0.15) is 0 Å². The molecular weight excluding hydrogens is 508 g/mol. The molecule has 0 amide bonds. The average molecular weight is 549 g/mol. The highest BCUT2D eigenvalue weighted by Gasteiger charge is 2.30. The highest BCUT2D eigenvalue weighted by Crippen LogP contribution is 2.18. The van der Waals surface area contributed by atoms with Crippen LogP contribution >= 0.6 is 0 Å². The fourth-order valence-corrected chi connectivity index (χ4v) is 3.69. The molecule has 0 aliphatic rings. The first-order valence-corrected chi connectivity index (χ1v) is 12.5. The van der Waals surface area contributed by atoms with E-state index in [0.29, 0.717) is 5.75 Å². The molecule has 0 spiro atoms. The molecule has 0 saturated carbocycles. The smallest absolute Gasteiger partial charge is 0.320 e. The number of carbonyl (C=O) groups excluding carboxylic acids is 2. The molecule has 0 heterocycles. The van der Waals surface area contributed by atoms with Gasteiger partial charge >= 0.3 is 23.9 Å².